The number of nitrogens with zero attached hydrogens (tertiary/aromatic N) is 1. The number of nitrogens with two attached hydrogens (primary N) is 1. The molecule has 0 unspecified atom stereocenters. The molecule has 0 spiro atoms. The maximum atomic E-state index is 5.52. The van der Waals surface area contributed by atoms with E-state index in [9.17, 15) is 0 Å². The normalized spacial score (nSPS) is 10.9. The Morgan fingerprint density at radius 2 is 2.00 bits per heavy atom. The van der Waals surface area contributed by atoms with Crippen molar-refractivity contribution in [3.8, 4) is 17.2 Å². The van der Waals surface area contributed by atoms with Gasteiger partial charge in [0.25, 0.3) is 5.88 Å². The molecule has 0 bridgehead atoms. The molecule has 96 valence electrons. The van der Waals surface area contributed by atoms with Crippen molar-refractivity contribution < 1.29 is 9.26 Å². The van der Waals surface area contributed by atoms with E-state index >= 15 is 0 Å². The summed E-state index contributed by atoms with van der Waals surface area (Å²) in [4.78, 5) is 0. The molecule has 0 aliphatic carbocycles. The van der Waals surface area contributed by atoms with Crippen molar-refractivity contribution >= 4 is 0 Å². The van der Waals surface area contributed by atoms with Gasteiger partial charge in [-0.2, -0.15) is 0 Å². The molecule has 1 aromatic carbocycles. The van der Waals surface area contributed by atoms with Crippen molar-refractivity contribution in [1.82, 2.24) is 5.16 Å². The third-order valence-corrected chi connectivity index (χ3v) is 2.66. The van der Waals surface area contributed by atoms with Crippen LogP contribution in [0.5, 0.6) is 5.88 Å². The summed E-state index contributed by atoms with van der Waals surface area (Å²) < 4.78 is 10.9. The van der Waals surface area contributed by atoms with E-state index in [0.717, 1.165) is 16.9 Å². The average molecular weight is 246 g/mol. The highest BCUT2D eigenvalue weighted by molar-refractivity contribution is 5.63. The van der Waals surface area contributed by atoms with Crippen LogP contribution in [-0.2, 0) is 0 Å². The number of rotatable bonds is 5. The van der Waals surface area contributed by atoms with E-state index in [0.29, 0.717) is 19.0 Å². The lowest BCUT2D eigenvalue weighted by molar-refractivity contribution is 0.286. The second-order valence-electron chi connectivity index (χ2n) is 4.39. The molecule has 0 saturated heterocycles. The van der Waals surface area contributed by atoms with Crippen molar-refractivity contribution in [2.45, 2.75) is 19.8 Å². The third-order valence-electron chi connectivity index (χ3n) is 2.66. The van der Waals surface area contributed by atoms with E-state index in [2.05, 4.69) is 19.0 Å². The Hall–Kier alpha value is -1.81. The first-order valence-corrected chi connectivity index (χ1v) is 6.12. The highest BCUT2D eigenvalue weighted by atomic mass is 16.5. The zero-order chi connectivity index (χ0) is 13.0. The first kappa shape index (κ1) is 12.6. The molecule has 0 fully saturated rings. The summed E-state index contributed by atoms with van der Waals surface area (Å²) in [5.41, 5.74) is 7.44. The topological polar surface area (TPSA) is 61.3 Å². The highest BCUT2D eigenvalue weighted by Crippen LogP contribution is 2.35. The van der Waals surface area contributed by atoms with Gasteiger partial charge in [0.05, 0.1) is 5.56 Å². The Labute approximate surface area is 107 Å². The van der Waals surface area contributed by atoms with E-state index < -0.39 is 0 Å². The number of ether oxygens (including phenoxy) is 1. The molecule has 18 heavy (non-hydrogen) atoms. The standard InChI is InChI=1S/C14H18N2O2/c1-10(2)12-13(11-6-4-3-5-7-11)18-16-14(12)17-9-8-15/h3-7,10H,8-9,15H2,1-2H3. The van der Waals surface area contributed by atoms with Crippen molar-refractivity contribution in [2.24, 2.45) is 5.73 Å². The van der Waals surface area contributed by atoms with Gasteiger partial charge >= 0.3 is 0 Å². The number of aromatic nitrogens is 1. The van der Waals surface area contributed by atoms with E-state index in [1.54, 1.807) is 0 Å². The molecule has 0 aliphatic rings. The lowest BCUT2D eigenvalue weighted by Gasteiger charge is -2.07. The monoisotopic (exact) mass is 246 g/mol. The predicted molar refractivity (Wildman–Crippen MR) is 70.6 cm³/mol. The van der Waals surface area contributed by atoms with E-state index in [1.165, 1.54) is 0 Å². The van der Waals surface area contributed by atoms with Gasteiger partial charge in [-0.25, -0.2) is 0 Å². The smallest absolute Gasteiger partial charge is 0.258 e. The molecule has 1 heterocycles. The quantitative estimate of drug-likeness (QED) is 0.881. The maximum absolute atomic E-state index is 5.52. The number of benzene rings is 1. The molecule has 1 aromatic heterocycles. The predicted octanol–water partition coefficient (Wildman–Crippen LogP) is 2.80. The van der Waals surface area contributed by atoms with Crippen molar-refractivity contribution in [3.63, 3.8) is 0 Å². The van der Waals surface area contributed by atoms with Crippen LogP contribution in [0.15, 0.2) is 34.9 Å². The fraction of sp³-hybridized carbons (Fsp3) is 0.357. The van der Waals surface area contributed by atoms with Gasteiger partial charge in [-0.1, -0.05) is 44.2 Å². The summed E-state index contributed by atoms with van der Waals surface area (Å²) in [7, 11) is 0. The zero-order valence-electron chi connectivity index (χ0n) is 10.7. The summed E-state index contributed by atoms with van der Waals surface area (Å²) in [6.45, 7) is 5.09. The Morgan fingerprint density at radius 3 is 2.61 bits per heavy atom. The molecule has 0 radical (unpaired) electrons. The van der Waals surface area contributed by atoms with Gasteiger partial charge in [0.2, 0.25) is 0 Å². The first-order chi connectivity index (χ1) is 8.74. The van der Waals surface area contributed by atoms with Gasteiger partial charge in [0.15, 0.2) is 5.76 Å². The van der Waals surface area contributed by atoms with Gasteiger partial charge < -0.3 is 15.0 Å². The van der Waals surface area contributed by atoms with Crippen LogP contribution >= 0.6 is 0 Å². The van der Waals surface area contributed by atoms with Crippen LogP contribution in [0.1, 0.15) is 25.3 Å². The molecule has 4 heteroatoms. The van der Waals surface area contributed by atoms with Gasteiger partial charge in [0.1, 0.15) is 6.61 Å². The second-order valence-corrected chi connectivity index (χ2v) is 4.39. The average Bonchev–Trinajstić information content (AvgIpc) is 2.81. The van der Waals surface area contributed by atoms with E-state index in [-0.39, 0.29) is 5.92 Å². The van der Waals surface area contributed by atoms with E-state index in [4.69, 9.17) is 15.0 Å². The minimum Gasteiger partial charge on any atom is -0.474 e. The van der Waals surface area contributed by atoms with Crippen molar-refractivity contribution in [3.05, 3.63) is 35.9 Å². The molecular weight excluding hydrogens is 228 g/mol. The van der Waals surface area contributed by atoms with Crippen LogP contribution in [0, 0.1) is 0 Å². The minimum absolute atomic E-state index is 0.277. The molecule has 2 N–H and O–H groups in total. The molecule has 2 rings (SSSR count). The van der Waals surface area contributed by atoms with Crippen molar-refractivity contribution in [1.29, 1.82) is 0 Å². The van der Waals surface area contributed by atoms with Gasteiger partial charge in [-0.05, 0) is 11.1 Å². The molecule has 0 atom stereocenters. The second kappa shape index (κ2) is 5.69. The van der Waals surface area contributed by atoms with Gasteiger partial charge in [0, 0.05) is 12.1 Å². The fourth-order valence-corrected chi connectivity index (χ4v) is 1.85. The Bertz CT molecular complexity index is 492. The minimum atomic E-state index is 0.277. The Kier molecular flexibility index (Phi) is 3.99. The molecule has 0 saturated carbocycles. The molecule has 0 amide bonds. The number of hydrogen-bond donors (Lipinski definition) is 1. The first-order valence-electron chi connectivity index (χ1n) is 6.12. The molecule has 0 aliphatic heterocycles. The summed E-state index contributed by atoms with van der Waals surface area (Å²) in [5.74, 6) is 1.60. The van der Waals surface area contributed by atoms with Crippen LogP contribution < -0.4 is 10.5 Å². The van der Waals surface area contributed by atoms with Crippen LogP contribution in [-0.4, -0.2) is 18.3 Å². The lowest BCUT2D eigenvalue weighted by atomic mass is 10.00. The number of hydrogen-bond acceptors (Lipinski definition) is 4. The summed E-state index contributed by atoms with van der Waals surface area (Å²) in [5, 5.41) is 4.00. The van der Waals surface area contributed by atoms with E-state index in [1.807, 2.05) is 30.3 Å². The van der Waals surface area contributed by atoms with Crippen LogP contribution in [0.25, 0.3) is 11.3 Å². The fourth-order valence-electron chi connectivity index (χ4n) is 1.85. The van der Waals surface area contributed by atoms with Crippen molar-refractivity contribution in [2.75, 3.05) is 13.2 Å². The largest absolute Gasteiger partial charge is 0.474 e. The van der Waals surface area contributed by atoms with Gasteiger partial charge in [-0.3, -0.25) is 0 Å². The Morgan fingerprint density at radius 1 is 1.28 bits per heavy atom. The molecular formula is C14H18N2O2. The van der Waals surface area contributed by atoms with Crippen LogP contribution in [0.4, 0.5) is 0 Å². The zero-order valence-corrected chi connectivity index (χ0v) is 10.7. The lowest BCUT2D eigenvalue weighted by Crippen LogP contribution is -2.11. The van der Waals surface area contributed by atoms with Crippen LogP contribution in [0.3, 0.4) is 0 Å². The summed E-state index contributed by atoms with van der Waals surface area (Å²) >= 11 is 0. The van der Waals surface area contributed by atoms with Gasteiger partial charge in [-0.15, -0.1) is 0 Å². The van der Waals surface area contributed by atoms with Crippen LogP contribution in [0.2, 0.25) is 0 Å². The molecule has 4 nitrogen and oxygen atoms in total. The summed E-state index contributed by atoms with van der Waals surface area (Å²) in [6.07, 6.45) is 0. The SMILES string of the molecule is CC(C)c1c(OCCN)noc1-c1ccccc1. The third kappa shape index (κ3) is 2.54. The highest BCUT2D eigenvalue weighted by Gasteiger charge is 2.21. The maximum Gasteiger partial charge on any atom is 0.258 e. The molecule has 2 aromatic rings. The Balaban J connectivity index is 2.39. The summed E-state index contributed by atoms with van der Waals surface area (Å²) in [6, 6.07) is 9.92.